The van der Waals surface area contributed by atoms with Crippen LogP contribution in [0.1, 0.15) is 41.5 Å². The highest BCUT2D eigenvalue weighted by molar-refractivity contribution is 4.94. The summed E-state index contributed by atoms with van der Waals surface area (Å²) in [4.78, 5) is 0. The minimum atomic E-state index is -5.98. The number of hydrogen-bond donors (Lipinski definition) is 0. The Morgan fingerprint density at radius 2 is 0.580 bits per heavy atom. The van der Waals surface area contributed by atoms with E-state index in [4.69, 9.17) is 0 Å². The topological polar surface area (TPSA) is 46.2 Å². The van der Waals surface area contributed by atoms with Gasteiger partial charge in [-0.25, -0.2) is 0 Å². The molecule has 304 valence electrons. The summed E-state index contributed by atoms with van der Waals surface area (Å²) in [6.45, 7) is -3.59. The van der Waals surface area contributed by atoms with Crippen LogP contribution in [0.15, 0.2) is 0 Å². The Kier molecular flexibility index (Phi) is 16.3. The number of halogens is 21. The van der Waals surface area contributed by atoms with Crippen LogP contribution < -0.4 is 0 Å². The van der Waals surface area contributed by atoms with Crippen molar-refractivity contribution in [2.75, 3.05) is 33.5 Å². The predicted molar refractivity (Wildman–Crippen MR) is 125 cm³/mol. The Hall–Kier alpha value is -1.67. The summed E-state index contributed by atoms with van der Waals surface area (Å²) in [6.07, 6.45) is -42.2. The van der Waals surface area contributed by atoms with Gasteiger partial charge in [0.2, 0.25) is 0 Å². The third-order valence-corrected chi connectivity index (χ3v) is 6.76. The number of hydrogen-bond acceptors (Lipinski definition) is 5. The van der Waals surface area contributed by atoms with Gasteiger partial charge in [-0.2, -0.15) is 92.2 Å². The summed E-state index contributed by atoms with van der Waals surface area (Å²) in [7, 11) is 0.619. The molecule has 1 atom stereocenters. The van der Waals surface area contributed by atoms with Crippen molar-refractivity contribution in [1.29, 1.82) is 0 Å². The van der Waals surface area contributed by atoms with Crippen molar-refractivity contribution in [3.8, 4) is 0 Å². The van der Waals surface area contributed by atoms with Gasteiger partial charge in [0.05, 0.1) is 26.4 Å². The van der Waals surface area contributed by atoms with Crippen molar-refractivity contribution in [2.24, 2.45) is 5.92 Å². The first kappa shape index (κ1) is 50.4. The second kappa shape index (κ2) is 16.1. The van der Waals surface area contributed by atoms with Gasteiger partial charge in [0.1, 0.15) is 6.10 Å². The summed E-state index contributed by atoms with van der Waals surface area (Å²) in [5, 5.41) is 0. The van der Waals surface area contributed by atoms with E-state index in [0.29, 0.717) is 21.0 Å². The number of alkyl halides is 21. The molecule has 0 unspecified atom stereocenters. The summed E-state index contributed by atoms with van der Waals surface area (Å²) < 4.78 is 285. The van der Waals surface area contributed by atoms with Crippen LogP contribution in [-0.2, 0) is 23.7 Å². The maximum absolute atomic E-state index is 12.6. The molecule has 0 bridgehead atoms. The molecule has 0 saturated carbocycles. The molecule has 0 amide bonds. The third kappa shape index (κ3) is 12.5. The van der Waals surface area contributed by atoms with E-state index in [0.717, 1.165) is 6.92 Å². The summed E-state index contributed by atoms with van der Waals surface area (Å²) in [5.74, 6) is -1.12. The van der Waals surface area contributed by atoms with Crippen molar-refractivity contribution < 1.29 is 116 Å². The standard InChI is InChI=1S/C12H14F12O3.C12H17F9O2/c1-7(9(13,14)15,10(16,17)18)26-4-6(25-3)5-27-8(2,11(19,20)21)12(22,23)24;1-7(5-22-8(2,3)10(13,14)15)6-23-9(4,11(16,17)18)12(19,20)21/h6H,4-5H2,1-3H3;7H,5-6H2,1-4H3/t;7-/m.0/s1. The normalized spacial score (nSPS) is 16.0. The predicted octanol–water partition coefficient (Wildman–Crippen LogP) is 9.68. The van der Waals surface area contributed by atoms with Crippen molar-refractivity contribution >= 4 is 0 Å². The van der Waals surface area contributed by atoms with E-state index in [9.17, 15) is 92.2 Å². The second-order valence-electron chi connectivity index (χ2n) is 11.3. The van der Waals surface area contributed by atoms with Crippen LogP contribution >= 0.6 is 0 Å². The molecule has 0 fully saturated rings. The SMILES string of the molecule is COC(COC(C)(C(F)(F)F)C(F)(F)F)COC(C)(C(F)(F)F)C(F)(F)F.C[C@@H](COC(C)(C)C(F)(F)F)COC(C)(C(F)(F)F)C(F)(F)F. The van der Waals surface area contributed by atoms with Gasteiger partial charge in [-0.15, -0.1) is 0 Å². The molecule has 0 aliphatic carbocycles. The van der Waals surface area contributed by atoms with Gasteiger partial charge in [0.25, 0.3) is 16.8 Å². The van der Waals surface area contributed by atoms with E-state index < -0.39 is 118 Å². The first-order valence-corrected chi connectivity index (χ1v) is 13.0. The zero-order chi connectivity index (χ0) is 41.0. The van der Waals surface area contributed by atoms with Crippen molar-refractivity contribution in [2.45, 2.75) is 113 Å². The fourth-order valence-electron chi connectivity index (χ4n) is 2.47. The monoisotopic (exact) mass is 798 g/mol. The Labute approximate surface area is 269 Å². The summed E-state index contributed by atoms with van der Waals surface area (Å²) >= 11 is 0. The second-order valence-corrected chi connectivity index (χ2v) is 11.3. The molecular formula is C24H31F21O5. The van der Waals surface area contributed by atoms with Crippen molar-refractivity contribution in [1.82, 2.24) is 0 Å². The molecule has 0 aliphatic heterocycles. The quantitative estimate of drug-likeness (QED) is 0.174. The van der Waals surface area contributed by atoms with Crippen LogP contribution in [0.5, 0.6) is 0 Å². The largest absolute Gasteiger partial charge is 0.426 e. The van der Waals surface area contributed by atoms with Crippen LogP contribution in [0.3, 0.4) is 0 Å². The first-order valence-electron chi connectivity index (χ1n) is 13.0. The molecule has 0 rings (SSSR count). The van der Waals surface area contributed by atoms with E-state index >= 15 is 0 Å². The lowest BCUT2D eigenvalue weighted by Gasteiger charge is -2.36. The first-order chi connectivity index (χ1) is 21.5. The molecule has 50 heavy (non-hydrogen) atoms. The van der Waals surface area contributed by atoms with Crippen LogP contribution in [0.4, 0.5) is 92.2 Å². The average Bonchev–Trinajstić information content (AvgIpc) is 2.86. The van der Waals surface area contributed by atoms with E-state index in [1.807, 2.05) is 0 Å². The Morgan fingerprint density at radius 3 is 0.780 bits per heavy atom. The lowest BCUT2D eigenvalue weighted by Crippen LogP contribution is -2.58. The molecule has 0 aliphatic rings. The fourth-order valence-corrected chi connectivity index (χ4v) is 2.47. The third-order valence-electron chi connectivity index (χ3n) is 6.76. The van der Waals surface area contributed by atoms with Crippen molar-refractivity contribution in [3.05, 3.63) is 0 Å². The molecular weight excluding hydrogens is 767 g/mol. The van der Waals surface area contributed by atoms with Gasteiger partial charge < -0.3 is 23.7 Å². The maximum atomic E-state index is 12.6. The van der Waals surface area contributed by atoms with Gasteiger partial charge in [0.15, 0.2) is 5.60 Å². The fraction of sp³-hybridized carbons (Fsp3) is 1.00. The van der Waals surface area contributed by atoms with Crippen molar-refractivity contribution in [3.63, 3.8) is 0 Å². The highest BCUT2D eigenvalue weighted by Crippen LogP contribution is 2.48. The minimum Gasteiger partial charge on any atom is -0.377 e. The molecule has 0 radical (unpaired) electrons. The van der Waals surface area contributed by atoms with Crippen LogP contribution in [0, 0.1) is 5.92 Å². The summed E-state index contributed by atoms with van der Waals surface area (Å²) in [6, 6.07) is 0. The van der Waals surface area contributed by atoms with Gasteiger partial charge in [-0.3, -0.25) is 0 Å². The van der Waals surface area contributed by atoms with E-state index in [-0.39, 0.29) is 6.92 Å². The van der Waals surface area contributed by atoms with Crippen LogP contribution in [0.25, 0.3) is 0 Å². The van der Waals surface area contributed by atoms with Gasteiger partial charge >= 0.3 is 43.2 Å². The number of methoxy groups -OCH3 is 1. The van der Waals surface area contributed by atoms with E-state index in [1.165, 1.54) is 0 Å². The van der Waals surface area contributed by atoms with Crippen LogP contribution in [-0.4, -0.2) is 105 Å². The maximum Gasteiger partial charge on any atom is 0.426 e. The molecule has 0 aromatic carbocycles. The molecule has 0 heterocycles. The van der Waals surface area contributed by atoms with E-state index in [1.54, 1.807) is 0 Å². The molecule has 0 aromatic heterocycles. The Bertz CT molecular complexity index is 935. The van der Waals surface area contributed by atoms with E-state index in [2.05, 4.69) is 23.7 Å². The van der Waals surface area contributed by atoms with Gasteiger partial charge in [0, 0.05) is 13.0 Å². The van der Waals surface area contributed by atoms with Crippen LogP contribution in [0.2, 0.25) is 0 Å². The zero-order valence-electron chi connectivity index (χ0n) is 26.5. The molecule has 5 nitrogen and oxygen atoms in total. The number of ether oxygens (including phenoxy) is 5. The molecule has 0 N–H and O–H groups in total. The minimum absolute atomic E-state index is 0.180. The average molecular weight is 798 g/mol. The molecule has 0 saturated heterocycles. The number of rotatable bonds is 13. The lowest BCUT2D eigenvalue weighted by atomic mass is 10.1. The smallest absolute Gasteiger partial charge is 0.377 e. The van der Waals surface area contributed by atoms with Gasteiger partial charge in [-0.1, -0.05) is 6.92 Å². The van der Waals surface area contributed by atoms with Gasteiger partial charge in [-0.05, 0) is 34.6 Å². The summed E-state index contributed by atoms with van der Waals surface area (Å²) in [5.41, 5.74) is -16.4. The Balaban J connectivity index is 0. The zero-order valence-corrected chi connectivity index (χ0v) is 26.5. The highest BCUT2D eigenvalue weighted by atomic mass is 19.4. The lowest BCUT2D eigenvalue weighted by molar-refractivity contribution is -0.385. The molecule has 26 heteroatoms. The Morgan fingerprint density at radius 1 is 0.360 bits per heavy atom. The molecule has 0 spiro atoms. The molecule has 0 aromatic rings. The highest BCUT2D eigenvalue weighted by Gasteiger charge is 2.71.